The van der Waals surface area contributed by atoms with Gasteiger partial charge in [-0.15, -0.1) is 0 Å². The molecule has 0 unspecified atom stereocenters. The Morgan fingerprint density at radius 1 is 1.09 bits per heavy atom. The highest BCUT2D eigenvalue weighted by Crippen LogP contribution is 2.25. The lowest BCUT2D eigenvalue weighted by Crippen LogP contribution is -2.15. The zero-order chi connectivity index (χ0) is 15.8. The standard InChI is InChI=1S/C17H15NO4/c1-20-15-8-4-5-9-16(15)21-12-17(19)22-11-14-7-3-2-6-13(14)10-18/h2-9H,11-12H2,1H3. The van der Waals surface area contributed by atoms with Crippen molar-refractivity contribution in [3.8, 4) is 17.6 Å². The number of hydrogen-bond donors (Lipinski definition) is 0. The summed E-state index contributed by atoms with van der Waals surface area (Å²) < 4.78 is 15.6. The fourth-order valence-electron chi connectivity index (χ4n) is 1.83. The summed E-state index contributed by atoms with van der Waals surface area (Å²) in [4.78, 5) is 11.7. The molecule has 0 aliphatic heterocycles. The number of nitrogens with zero attached hydrogens (tertiary/aromatic N) is 1. The molecule has 0 saturated heterocycles. The number of benzene rings is 2. The lowest BCUT2D eigenvalue weighted by Gasteiger charge is -2.10. The maximum absolute atomic E-state index is 11.7. The van der Waals surface area contributed by atoms with Gasteiger partial charge in [0.05, 0.1) is 18.7 Å². The van der Waals surface area contributed by atoms with Gasteiger partial charge in [0.2, 0.25) is 0 Å². The van der Waals surface area contributed by atoms with E-state index in [1.165, 1.54) is 7.11 Å². The summed E-state index contributed by atoms with van der Waals surface area (Å²) in [5.41, 5.74) is 1.15. The number of ether oxygens (including phenoxy) is 3. The van der Waals surface area contributed by atoms with Gasteiger partial charge in [0.1, 0.15) is 6.61 Å². The zero-order valence-electron chi connectivity index (χ0n) is 12.1. The maximum atomic E-state index is 11.7. The molecule has 22 heavy (non-hydrogen) atoms. The van der Waals surface area contributed by atoms with Crippen molar-refractivity contribution in [2.75, 3.05) is 13.7 Å². The molecule has 2 rings (SSSR count). The van der Waals surface area contributed by atoms with Crippen LogP contribution < -0.4 is 9.47 Å². The van der Waals surface area contributed by atoms with E-state index in [-0.39, 0.29) is 13.2 Å². The molecule has 5 heteroatoms. The molecule has 0 atom stereocenters. The van der Waals surface area contributed by atoms with Gasteiger partial charge < -0.3 is 14.2 Å². The lowest BCUT2D eigenvalue weighted by atomic mass is 10.1. The van der Waals surface area contributed by atoms with Crippen LogP contribution in [-0.2, 0) is 16.1 Å². The first kappa shape index (κ1) is 15.4. The fourth-order valence-corrected chi connectivity index (χ4v) is 1.83. The van der Waals surface area contributed by atoms with Crippen molar-refractivity contribution in [3.63, 3.8) is 0 Å². The van der Waals surface area contributed by atoms with Crippen molar-refractivity contribution in [1.29, 1.82) is 5.26 Å². The summed E-state index contributed by atoms with van der Waals surface area (Å²) in [5, 5.41) is 8.96. The molecule has 0 aromatic heterocycles. The Hall–Kier alpha value is -3.00. The second-order valence-corrected chi connectivity index (χ2v) is 4.37. The van der Waals surface area contributed by atoms with E-state index in [1.54, 1.807) is 42.5 Å². The van der Waals surface area contributed by atoms with Crippen molar-refractivity contribution in [2.45, 2.75) is 6.61 Å². The van der Waals surface area contributed by atoms with Crippen LogP contribution in [0.1, 0.15) is 11.1 Å². The maximum Gasteiger partial charge on any atom is 0.344 e. The molecule has 0 bridgehead atoms. The minimum Gasteiger partial charge on any atom is -0.493 e. The molecule has 0 amide bonds. The van der Waals surface area contributed by atoms with Gasteiger partial charge in [0, 0.05) is 5.56 Å². The molecule has 0 heterocycles. The first-order valence-electron chi connectivity index (χ1n) is 6.64. The highest BCUT2D eigenvalue weighted by molar-refractivity contribution is 5.71. The number of methoxy groups -OCH3 is 1. The highest BCUT2D eigenvalue weighted by Gasteiger charge is 2.09. The first-order chi connectivity index (χ1) is 10.7. The predicted molar refractivity (Wildman–Crippen MR) is 79.4 cm³/mol. The Morgan fingerprint density at radius 2 is 1.77 bits per heavy atom. The first-order valence-corrected chi connectivity index (χ1v) is 6.64. The summed E-state index contributed by atoms with van der Waals surface area (Å²) in [6.07, 6.45) is 0. The van der Waals surface area contributed by atoms with Crippen LogP contribution in [-0.4, -0.2) is 19.7 Å². The second-order valence-electron chi connectivity index (χ2n) is 4.37. The third kappa shape index (κ3) is 4.00. The summed E-state index contributed by atoms with van der Waals surface area (Å²) in [7, 11) is 1.53. The number of nitriles is 1. The SMILES string of the molecule is COc1ccccc1OCC(=O)OCc1ccccc1C#N. The molecular weight excluding hydrogens is 282 g/mol. The molecule has 2 aromatic rings. The number of carbonyl (C=O) groups excluding carboxylic acids is 1. The van der Waals surface area contributed by atoms with E-state index in [4.69, 9.17) is 19.5 Å². The lowest BCUT2D eigenvalue weighted by molar-refractivity contribution is -0.147. The van der Waals surface area contributed by atoms with Crippen LogP contribution in [0.4, 0.5) is 0 Å². The molecule has 0 aliphatic rings. The number of esters is 1. The smallest absolute Gasteiger partial charge is 0.344 e. The molecule has 2 aromatic carbocycles. The van der Waals surface area contributed by atoms with E-state index in [2.05, 4.69) is 6.07 Å². The van der Waals surface area contributed by atoms with Crippen LogP contribution in [0.3, 0.4) is 0 Å². The molecule has 0 N–H and O–H groups in total. The molecular formula is C17H15NO4. The van der Waals surface area contributed by atoms with E-state index in [1.807, 2.05) is 6.07 Å². The third-order valence-corrected chi connectivity index (χ3v) is 2.94. The van der Waals surface area contributed by atoms with E-state index >= 15 is 0 Å². The van der Waals surface area contributed by atoms with Gasteiger partial charge >= 0.3 is 5.97 Å². The molecule has 0 spiro atoms. The highest BCUT2D eigenvalue weighted by atomic mass is 16.6. The molecule has 0 saturated carbocycles. The normalized spacial score (nSPS) is 9.64. The van der Waals surface area contributed by atoms with Crippen molar-refractivity contribution in [2.24, 2.45) is 0 Å². The molecule has 0 radical (unpaired) electrons. The van der Waals surface area contributed by atoms with Crippen molar-refractivity contribution < 1.29 is 19.0 Å². The van der Waals surface area contributed by atoms with Crippen molar-refractivity contribution >= 4 is 5.97 Å². The second kappa shape index (κ2) is 7.70. The summed E-state index contributed by atoms with van der Waals surface area (Å²) >= 11 is 0. The van der Waals surface area contributed by atoms with Crippen LogP contribution in [0.25, 0.3) is 0 Å². The summed E-state index contributed by atoms with van der Waals surface area (Å²) in [5.74, 6) is 0.503. The van der Waals surface area contributed by atoms with Gasteiger partial charge in [0.25, 0.3) is 0 Å². The average Bonchev–Trinajstić information content (AvgIpc) is 2.58. The van der Waals surface area contributed by atoms with Gasteiger partial charge in [-0.25, -0.2) is 4.79 Å². The summed E-state index contributed by atoms with van der Waals surface area (Å²) in [6, 6.07) is 16.1. The van der Waals surface area contributed by atoms with Crippen molar-refractivity contribution in [3.05, 3.63) is 59.7 Å². The minimum atomic E-state index is -0.515. The number of para-hydroxylation sites is 2. The number of rotatable bonds is 6. The number of hydrogen-bond acceptors (Lipinski definition) is 5. The van der Waals surface area contributed by atoms with E-state index in [0.717, 1.165) is 0 Å². The zero-order valence-corrected chi connectivity index (χ0v) is 12.1. The average molecular weight is 297 g/mol. The Bertz CT molecular complexity index is 691. The van der Waals surface area contributed by atoms with Gasteiger partial charge in [0.15, 0.2) is 18.1 Å². The molecule has 0 aliphatic carbocycles. The molecule has 5 nitrogen and oxygen atoms in total. The van der Waals surface area contributed by atoms with Gasteiger partial charge in [-0.1, -0.05) is 30.3 Å². The third-order valence-electron chi connectivity index (χ3n) is 2.94. The van der Waals surface area contributed by atoms with Crippen LogP contribution in [0, 0.1) is 11.3 Å². The van der Waals surface area contributed by atoms with Crippen LogP contribution in [0.2, 0.25) is 0 Å². The van der Waals surface area contributed by atoms with Crippen LogP contribution in [0.5, 0.6) is 11.5 Å². The Labute approximate surface area is 128 Å². The topological polar surface area (TPSA) is 68.6 Å². The minimum absolute atomic E-state index is 0.0395. The predicted octanol–water partition coefficient (Wildman–Crippen LogP) is 2.69. The van der Waals surface area contributed by atoms with E-state index in [9.17, 15) is 4.79 Å². The number of carbonyl (C=O) groups is 1. The van der Waals surface area contributed by atoms with Crippen LogP contribution in [0.15, 0.2) is 48.5 Å². The quantitative estimate of drug-likeness (QED) is 0.767. The van der Waals surface area contributed by atoms with Crippen molar-refractivity contribution in [1.82, 2.24) is 0 Å². The van der Waals surface area contributed by atoms with E-state index in [0.29, 0.717) is 22.6 Å². The fraction of sp³-hybridized carbons (Fsp3) is 0.176. The Kier molecular flexibility index (Phi) is 5.38. The van der Waals surface area contributed by atoms with E-state index < -0.39 is 5.97 Å². The van der Waals surface area contributed by atoms with Gasteiger partial charge in [-0.2, -0.15) is 5.26 Å². The van der Waals surface area contributed by atoms with Gasteiger partial charge in [-0.3, -0.25) is 0 Å². The monoisotopic (exact) mass is 297 g/mol. The molecule has 112 valence electrons. The largest absolute Gasteiger partial charge is 0.493 e. The summed E-state index contributed by atoms with van der Waals surface area (Å²) in [6.45, 7) is -0.188. The molecule has 0 fully saturated rings. The Balaban J connectivity index is 1.87. The Morgan fingerprint density at radius 3 is 2.50 bits per heavy atom. The van der Waals surface area contributed by atoms with Gasteiger partial charge in [-0.05, 0) is 18.2 Å². The van der Waals surface area contributed by atoms with Crippen LogP contribution >= 0.6 is 0 Å².